The Balaban J connectivity index is 2.42. The number of hydrogen-bond acceptors (Lipinski definition) is 3. The lowest BCUT2D eigenvalue weighted by Crippen LogP contribution is -2.13. The molecule has 1 unspecified atom stereocenters. The SMILES string of the molecule is COc1cc(C)c(C(N)c2csc(I)c2)cc1C. The fourth-order valence-electron chi connectivity index (χ4n) is 2.03. The molecule has 18 heavy (non-hydrogen) atoms. The van der Waals surface area contributed by atoms with Gasteiger partial charge in [-0.2, -0.15) is 0 Å². The average molecular weight is 373 g/mol. The molecule has 2 N–H and O–H groups in total. The second-order valence-electron chi connectivity index (χ2n) is 4.34. The molecule has 1 aromatic heterocycles. The molecule has 0 spiro atoms. The lowest BCUT2D eigenvalue weighted by atomic mass is 9.95. The molecular formula is C14H16INOS. The van der Waals surface area contributed by atoms with Crippen molar-refractivity contribution in [3.8, 4) is 5.75 Å². The normalized spacial score (nSPS) is 12.5. The number of ether oxygens (including phenoxy) is 1. The zero-order chi connectivity index (χ0) is 13.3. The maximum Gasteiger partial charge on any atom is 0.122 e. The molecule has 2 rings (SSSR count). The summed E-state index contributed by atoms with van der Waals surface area (Å²) >= 11 is 4.05. The molecule has 0 aliphatic carbocycles. The van der Waals surface area contributed by atoms with Crippen molar-refractivity contribution < 1.29 is 4.74 Å². The number of rotatable bonds is 3. The van der Waals surface area contributed by atoms with Gasteiger partial charge in [-0.05, 0) is 76.2 Å². The molecule has 4 heteroatoms. The first-order valence-corrected chi connectivity index (χ1v) is 7.63. The highest BCUT2D eigenvalue weighted by molar-refractivity contribution is 14.1. The van der Waals surface area contributed by atoms with E-state index < -0.39 is 0 Å². The molecule has 96 valence electrons. The van der Waals surface area contributed by atoms with Crippen molar-refractivity contribution in [1.82, 2.24) is 0 Å². The van der Waals surface area contributed by atoms with Crippen LogP contribution in [-0.2, 0) is 0 Å². The Morgan fingerprint density at radius 2 is 1.94 bits per heavy atom. The molecule has 1 aromatic carbocycles. The number of aryl methyl sites for hydroxylation is 2. The molecule has 0 radical (unpaired) electrons. The molecule has 0 saturated heterocycles. The lowest BCUT2D eigenvalue weighted by Gasteiger charge is -2.16. The van der Waals surface area contributed by atoms with Gasteiger partial charge in [-0.15, -0.1) is 11.3 Å². The van der Waals surface area contributed by atoms with E-state index in [-0.39, 0.29) is 6.04 Å². The van der Waals surface area contributed by atoms with Crippen LogP contribution in [0.5, 0.6) is 5.75 Å². The van der Waals surface area contributed by atoms with Gasteiger partial charge in [0.1, 0.15) is 5.75 Å². The summed E-state index contributed by atoms with van der Waals surface area (Å²) in [6, 6.07) is 6.27. The lowest BCUT2D eigenvalue weighted by molar-refractivity contribution is 0.411. The summed E-state index contributed by atoms with van der Waals surface area (Å²) in [6.07, 6.45) is 0. The molecule has 0 saturated carbocycles. The molecule has 1 heterocycles. The zero-order valence-corrected chi connectivity index (χ0v) is 13.6. The van der Waals surface area contributed by atoms with E-state index in [0.717, 1.165) is 11.3 Å². The molecule has 0 bridgehead atoms. The molecule has 0 aliphatic rings. The van der Waals surface area contributed by atoms with Crippen molar-refractivity contribution in [2.45, 2.75) is 19.9 Å². The van der Waals surface area contributed by atoms with Crippen molar-refractivity contribution >= 4 is 33.9 Å². The number of benzene rings is 1. The van der Waals surface area contributed by atoms with Crippen LogP contribution in [-0.4, -0.2) is 7.11 Å². The fourth-order valence-corrected chi connectivity index (χ4v) is 3.44. The highest BCUT2D eigenvalue weighted by Crippen LogP contribution is 2.31. The maximum absolute atomic E-state index is 6.35. The Morgan fingerprint density at radius 3 is 2.50 bits per heavy atom. The summed E-state index contributed by atoms with van der Waals surface area (Å²) in [5.74, 6) is 0.920. The number of thiophene rings is 1. The number of hydrogen-bond donors (Lipinski definition) is 1. The van der Waals surface area contributed by atoms with Gasteiger partial charge in [0.25, 0.3) is 0 Å². The summed E-state index contributed by atoms with van der Waals surface area (Å²) < 4.78 is 6.60. The van der Waals surface area contributed by atoms with Gasteiger partial charge < -0.3 is 10.5 Å². The van der Waals surface area contributed by atoms with Crippen molar-refractivity contribution in [2.24, 2.45) is 5.73 Å². The summed E-state index contributed by atoms with van der Waals surface area (Å²) in [6.45, 7) is 4.13. The Labute approximate surface area is 125 Å². The second kappa shape index (κ2) is 5.59. The summed E-state index contributed by atoms with van der Waals surface area (Å²) in [5, 5.41) is 2.13. The van der Waals surface area contributed by atoms with E-state index in [1.807, 2.05) is 6.92 Å². The van der Waals surface area contributed by atoms with E-state index in [1.54, 1.807) is 18.4 Å². The van der Waals surface area contributed by atoms with E-state index in [0.29, 0.717) is 0 Å². The Hall–Kier alpha value is -0.590. The fraction of sp³-hybridized carbons (Fsp3) is 0.286. The van der Waals surface area contributed by atoms with Gasteiger partial charge in [-0.25, -0.2) is 0 Å². The van der Waals surface area contributed by atoms with Crippen molar-refractivity contribution in [1.29, 1.82) is 0 Å². The molecule has 2 nitrogen and oxygen atoms in total. The van der Waals surface area contributed by atoms with Crippen LogP contribution in [0.3, 0.4) is 0 Å². The van der Waals surface area contributed by atoms with E-state index in [1.165, 1.54) is 19.6 Å². The first-order valence-electron chi connectivity index (χ1n) is 5.67. The Bertz CT molecular complexity index is 565. The molecular weight excluding hydrogens is 357 g/mol. The second-order valence-corrected chi connectivity index (χ2v) is 7.15. The smallest absolute Gasteiger partial charge is 0.122 e. The van der Waals surface area contributed by atoms with Crippen LogP contribution in [0.25, 0.3) is 0 Å². The summed E-state index contributed by atoms with van der Waals surface area (Å²) in [5.41, 5.74) is 11.0. The third kappa shape index (κ3) is 2.70. The maximum atomic E-state index is 6.35. The Kier molecular flexibility index (Phi) is 4.29. The standard InChI is InChI=1S/C14H16INOS/c1-8-5-12(17-3)9(2)4-11(8)14(16)10-6-13(15)18-7-10/h4-7,14H,16H2,1-3H3. The monoisotopic (exact) mass is 373 g/mol. The number of halogens is 1. The van der Waals surface area contributed by atoms with Gasteiger partial charge in [0, 0.05) is 0 Å². The highest BCUT2D eigenvalue weighted by atomic mass is 127. The molecule has 0 amide bonds. The van der Waals surface area contributed by atoms with Crippen LogP contribution >= 0.6 is 33.9 Å². The van der Waals surface area contributed by atoms with E-state index in [2.05, 4.69) is 53.1 Å². The summed E-state index contributed by atoms with van der Waals surface area (Å²) in [4.78, 5) is 0. The molecule has 1 atom stereocenters. The highest BCUT2D eigenvalue weighted by Gasteiger charge is 2.15. The largest absolute Gasteiger partial charge is 0.496 e. The summed E-state index contributed by atoms with van der Waals surface area (Å²) in [7, 11) is 1.70. The predicted molar refractivity (Wildman–Crippen MR) is 85.5 cm³/mol. The van der Waals surface area contributed by atoms with Crippen molar-refractivity contribution in [3.63, 3.8) is 0 Å². The van der Waals surface area contributed by atoms with Crippen LogP contribution in [0.1, 0.15) is 28.3 Å². The van der Waals surface area contributed by atoms with Gasteiger partial charge in [-0.1, -0.05) is 6.07 Å². The van der Waals surface area contributed by atoms with Crippen LogP contribution in [0.2, 0.25) is 0 Å². The van der Waals surface area contributed by atoms with Gasteiger partial charge in [0.2, 0.25) is 0 Å². The van der Waals surface area contributed by atoms with Crippen LogP contribution < -0.4 is 10.5 Å². The third-order valence-electron chi connectivity index (χ3n) is 3.07. The molecule has 0 aliphatic heterocycles. The average Bonchev–Trinajstić information content (AvgIpc) is 2.77. The topological polar surface area (TPSA) is 35.2 Å². The van der Waals surface area contributed by atoms with Crippen molar-refractivity contribution in [3.05, 3.63) is 48.7 Å². The van der Waals surface area contributed by atoms with E-state index >= 15 is 0 Å². The predicted octanol–water partition coefficient (Wildman–Crippen LogP) is 4.03. The molecule has 2 aromatic rings. The van der Waals surface area contributed by atoms with E-state index in [4.69, 9.17) is 10.5 Å². The minimum absolute atomic E-state index is 0.0608. The zero-order valence-electron chi connectivity index (χ0n) is 10.7. The molecule has 0 fully saturated rings. The Morgan fingerprint density at radius 1 is 1.22 bits per heavy atom. The van der Waals surface area contributed by atoms with Crippen LogP contribution in [0, 0.1) is 16.7 Å². The van der Waals surface area contributed by atoms with Crippen molar-refractivity contribution in [2.75, 3.05) is 7.11 Å². The third-order valence-corrected chi connectivity index (χ3v) is 4.87. The van der Waals surface area contributed by atoms with E-state index in [9.17, 15) is 0 Å². The minimum atomic E-state index is -0.0608. The van der Waals surface area contributed by atoms with Crippen LogP contribution in [0.15, 0.2) is 23.6 Å². The van der Waals surface area contributed by atoms with Gasteiger partial charge in [-0.3, -0.25) is 0 Å². The quantitative estimate of drug-likeness (QED) is 0.825. The number of nitrogens with two attached hydrogens (primary N) is 1. The van der Waals surface area contributed by atoms with Crippen LogP contribution in [0.4, 0.5) is 0 Å². The van der Waals surface area contributed by atoms with Gasteiger partial charge in [0.05, 0.1) is 16.0 Å². The first kappa shape index (κ1) is 13.8. The first-order chi connectivity index (χ1) is 8.52. The van der Waals surface area contributed by atoms with Gasteiger partial charge >= 0.3 is 0 Å². The minimum Gasteiger partial charge on any atom is -0.496 e. The van der Waals surface area contributed by atoms with Gasteiger partial charge in [0.15, 0.2) is 0 Å². The number of methoxy groups -OCH3 is 1.